The largest absolute Gasteiger partial charge is 0.464 e. The second-order valence-corrected chi connectivity index (χ2v) is 6.48. The number of carbonyl (C=O) groups is 2. The molecule has 0 saturated carbocycles. The third kappa shape index (κ3) is 4.80. The van der Waals surface area contributed by atoms with Crippen LogP contribution in [0.4, 0.5) is 0 Å². The summed E-state index contributed by atoms with van der Waals surface area (Å²) >= 11 is 2.15. The predicted octanol–water partition coefficient (Wildman–Crippen LogP) is 3.50. The maximum atomic E-state index is 12.6. The van der Waals surface area contributed by atoms with Crippen molar-refractivity contribution in [2.45, 2.75) is 26.3 Å². The number of esters is 1. The lowest BCUT2D eigenvalue weighted by molar-refractivity contribution is -0.145. The molecule has 1 N–H and O–H groups in total. The van der Waals surface area contributed by atoms with Gasteiger partial charge in [-0.15, -0.1) is 0 Å². The van der Waals surface area contributed by atoms with Crippen LogP contribution in [0.3, 0.4) is 0 Å². The fraction of sp³-hybridized carbons (Fsp3) is 0.263. The van der Waals surface area contributed by atoms with Gasteiger partial charge in [0, 0.05) is 9.99 Å². The molecule has 0 aromatic heterocycles. The van der Waals surface area contributed by atoms with Crippen molar-refractivity contribution in [1.29, 1.82) is 0 Å². The molecule has 5 heteroatoms. The van der Waals surface area contributed by atoms with Crippen LogP contribution in [0, 0.1) is 10.5 Å². The molecule has 2 aromatic carbocycles. The number of hydrogen-bond acceptors (Lipinski definition) is 3. The molecule has 24 heavy (non-hydrogen) atoms. The fourth-order valence-electron chi connectivity index (χ4n) is 2.34. The molecule has 0 bridgehead atoms. The Bertz CT molecular complexity index is 716. The molecule has 0 saturated heterocycles. The number of carbonyl (C=O) groups excluding carboxylic acids is 2. The van der Waals surface area contributed by atoms with Gasteiger partial charge in [-0.05, 0) is 53.6 Å². The summed E-state index contributed by atoms with van der Waals surface area (Å²) in [6, 6.07) is 14.4. The molecule has 2 aromatic rings. The van der Waals surface area contributed by atoms with Crippen molar-refractivity contribution in [3.8, 4) is 0 Å². The van der Waals surface area contributed by atoms with Gasteiger partial charge in [0.2, 0.25) is 0 Å². The van der Waals surface area contributed by atoms with Crippen molar-refractivity contribution in [1.82, 2.24) is 5.32 Å². The van der Waals surface area contributed by atoms with Gasteiger partial charge in [-0.25, -0.2) is 4.79 Å². The topological polar surface area (TPSA) is 55.4 Å². The maximum Gasteiger partial charge on any atom is 0.328 e. The Balaban J connectivity index is 2.19. The van der Waals surface area contributed by atoms with Crippen molar-refractivity contribution in [3.63, 3.8) is 0 Å². The predicted molar refractivity (Wildman–Crippen MR) is 102 cm³/mol. The second kappa shape index (κ2) is 8.82. The first-order chi connectivity index (χ1) is 11.5. The first-order valence-corrected chi connectivity index (χ1v) is 8.87. The summed E-state index contributed by atoms with van der Waals surface area (Å²) in [7, 11) is 0. The third-order valence-electron chi connectivity index (χ3n) is 3.60. The van der Waals surface area contributed by atoms with Crippen LogP contribution in [0.2, 0.25) is 0 Å². The van der Waals surface area contributed by atoms with Crippen molar-refractivity contribution >= 4 is 34.5 Å². The highest BCUT2D eigenvalue weighted by molar-refractivity contribution is 14.1. The van der Waals surface area contributed by atoms with E-state index in [-0.39, 0.29) is 12.5 Å². The number of aryl methyl sites for hydroxylation is 1. The Hall–Kier alpha value is -1.89. The van der Waals surface area contributed by atoms with E-state index in [1.54, 1.807) is 13.0 Å². The lowest BCUT2D eigenvalue weighted by atomic mass is 10.0. The Morgan fingerprint density at radius 2 is 1.83 bits per heavy atom. The molecule has 0 heterocycles. The number of nitrogens with one attached hydrogen (secondary N) is 1. The number of benzene rings is 2. The van der Waals surface area contributed by atoms with E-state index in [1.165, 1.54) is 0 Å². The molecule has 0 spiro atoms. The van der Waals surface area contributed by atoms with Crippen LogP contribution >= 0.6 is 22.6 Å². The zero-order chi connectivity index (χ0) is 17.5. The first kappa shape index (κ1) is 18.4. The van der Waals surface area contributed by atoms with Crippen molar-refractivity contribution in [2.24, 2.45) is 0 Å². The SMILES string of the molecule is CCOC(=O)C(Cc1ccccc1)NC(=O)c1cccc(C)c1I. The van der Waals surface area contributed by atoms with E-state index in [0.29, 0.717) is 12.0 Å². The minimum Gasteiger partial charge on any atom is -0.464 e. The highest BCUT2D eigenvalue weighted by atomic mass is 127. The maximum absolute atomic E-state index is 12.6. The molecule has 0 aliphatic carbocycles. The summed E-state index contributed by atoms with van der Waals surface area (Å²) in [6.45, 7) is 3.98. The van der Waals surface area contributed by atoms with Gasteiger partial charge in [0.25, 0.3) is 5.91 Å². The van der Waals surface area contributed by atoms with Gasteiger partial charge < -0.3 is 10.1 Å². The molecule has 0 aliphatic heterocycles. The number of halogens is 1. The molecule has 0 fully saturated rings. The van der Waals surface area contributed by atoms with E-state index < -0.39 is 12.0 Å². The van der Waals surface area contributed by atoms with Gasteiger partial charge in [0.1, 0.15) is 6.04 Å². The van der Waals surface area contributed by atoms with Crippen LogP contribution in [0.5, 0.6) is 0 Å². The molecule has 0 radical (unpaired) electrons. The van der Waals surface area contributed by atoms with Crippen molar-refractivity contribution < 1.29 is 14.3 Å². The highest BCUT2D eigenvalue weighted by Gasteiger charge is 2.24. The zero-order valence-electron chi connectivity index (χ0n) is 13.7. The van der Waals surface area contributed by atoms with E-state index in [0.717, 1.165) is 14.7 Å². The lowest BCUT2D eigenvalue weighted by Gasteiger charge is -2.18. The van der Waals surface area contributed by atoms with Crippen LogP contribution in [-0.2, 0) is 16.0 Å². The van der Waals surface area contributed by atoms with Gasteiger partial charge in [0.15, 0.2) is 0 Å². The average molecular weight is 437 g/mol. The highest BCUT2D eigenvalue weighted by Crippen LogP contribution is 2.17. The minimum absolute atomic E-state index is 0.267. The summed E-state index contributed by atoms with van der Waals surface area (Å²) in [4.78, 5) is 24.8. The summed E-state index contributed by atoms with van der Waals surface area (Å²) < 4.78 is 6.00. The Kier molecular flexibility index (Phi) is 6.78. The Morgan fingerprint density at radius 3 is 2.50 bits per heavy atom. The zero-order valence-corrected chi connectivity index (χ0v) is 15.9. The van der Waals surface area contributed by atoms with E-state index in [4.69, 9.17) is 4.74 Å². The standard InChI is InChI=1S/C19H20INO3/c1-3-24-19(23)16(12-14-9-5-4-6-10-14)21-18(22)15-11-7-8-13(2)17(15)20/h4-11,16H,3,12H2,1-2H3,(H,21,22). The molecule has 126 valence electrons. The summed E-state index contributed by atoms with van der Waals surface area (Å²) in [5, 5.41) is 2.82. The second-order valence-electron chi connectivity index (χ2n) is 5.40. The molecule has 1 amide bonds. The van der Waals surface area contributed by atoms with E-state index >= 15 is 0 Å². The number of rotatable bonds is 6. The minimum atomic E-state index is -0.712. The van der Waals surface area contributed by atoms with Gasteiger partial charge in [-0.2, -0.15) is 0 Å². The van der Waals surface area contributed by atoms with Crippen LogP contribution in [-0.4, -0.2) is 24.5 Å². The molecular formula is C19H20INO3. The van der Waals surface area contributed by atoms with E-state index in [1.807, 2.05) is 49.4 Å². The molecule has 1 unspecified atom stereocenters. The first-order valence-electron chi connectivity index (χ1n) is 7.79. The number of amides is 1. The monoisotopic (exact) mass is 437 g/mol. The molecule has 0 aliphatic rings. The fourth-order valence-corrected chi connectivity index (χ4v) is 2.95. The average Bonchev–Trinajstić information content (AvgIpc) is 2.57. The van der Waals surface area contributed by atoms with Crippen LogP contribution in [0.25, 0.3) is 0 Å². The van der Waals surface area contributed by atoms with Crippen LogP contribution in [0.1, 0.15) is 28.4 Å². The van der Waals surface area contributed by atoms with Gasteiger partial charge >= 0.3 is 5.97 Å². The lowest BCUT2D eigenvalue weighted by Crippen LogP contribution is -2.43. The van der Waals surface area contributed by atoms with Gasteiger partial charge in [0.05, 0.1) is 12.2 Å². The van der Waals surface area contributed by atoms with E-state index in [2.05, 4.69) is 27.9 Å². The van der Waals surface area contributed by atoms with Crippen molar-refractivity contribution in [2.75, 3.05) is 6.61 Å². The number of ether oxygens (including phenoxy) is 1. The van der Waals surface area contributed by atoms with E-state index in [9.17, 15) is 9.59 Å². The van der Waals surface area contributed by atoms with Gasteiger partial charge in [-0.1, -0.05) is 42.5 Å². The Morgan fingerprint density at radius 1 is 1.12 bits per heavy atom. The normalized spacial score (nSPS) is 11.6. The smallest absolute Gasteiger partial charge is 0.328 e. The van der Waals surface area contributed by atoms with Crippen LogP contribution in [0.15, 0.2) is 48.5 Å². The summed E-state index contributed by atoms with van der Waals surface area (Å²) in [6.07, 6.45) is 0.397. The van der Waals surface area contributed by atoms with Crippen molar-refractivity contribution in [3.05, 3.63) is 68.8 Å². The number of hydrogen-bond donors (Lipinski definition) is 1. The summed E-state index contributed by atoms with van der Waals surface area (Å²) in [5.41, 5.74) is 2.56. The molecule has 2 rings (SSSR count). The molecule has 1 atom stereocenters. The van der Waals surface area contributed by atoms with Gasteiger partial charge in [-0.3, -0.25) is 4.79 Å². The Labute approximate surface area is 155 Å². The summed E-state index contributed by atoms with van der Waals surface area (Å²) in [5.74, 6) is -0.686. The quantitative estimate of drug-likeness (QED) is 0.556. The van der Waals surface area contributed by atoms with Crippen LogP contribution < -0.4 is 5.32 Å². The molecule has 4 nitrogen and oxygen atoms in total. The molecular weight excluding hydrogens is 417 g/mol. The third-order valence-corrected chi connectivity index (χ3v) is 5.03.